The molecule has 1 aromatic carbocycles. The van der Waals surface area contributed by atoms with Crippen LogP contribution in [0.25, 0.3) is 0 Å². The zero-order valence-electron chi connectivity index (χ0n) is 8.36. The molecule has 2 aromatic rings. The first-order valence-electron chi connectivity index (χ1n) is 4.73. The molecular weight excluding hydrogens is 245 g/mol. The van der Waals surface area contributed by atoms with Crippen LogP contribution in [0.4, 0.5) is 0 Å². The molecule has 0 atom stereocenters. The van der Waals surface area contributed by atoms with Gasteiger partial charge in [-0.15, -0.1) is 11.6 Å². The predicted octanol–water partition coefficient (Wildman–Crippen LogP) is 4.27. The number of rotatable bonds is 3. The monoisotopic (exact) mass is 253 g/mol. The maximum Gasteiger partial charge on any atom is 0.219 e. The van der Waals surface area contributed by atoms with Crippen molar-refractivity contribution < 1.29 is 4.74 Å². The van der Waals surface area contributed by atoms with Crippen LogP contribution in [0.2, 0.25) is 5.02 Å². The Bertz CT molecular complexity index is 471. The van der Waals surface area contributed by atoms with Gasteiger partial charge >= 0.3 is 0 Å². The molecule has 0 spiro atoms. The van der Waals surface area contributed by atoms with Crippen LogP contribution >= 0.6 is 23.2 Å². The Balaban J connectivity index is 2.16. The van der Waals surface area contributed by atoms with Crippen LogP contribution in [0.15, 0.2) is 42.5 Å². The molecule has 82 valence electrons. The molecule has 0 amide bonds. The molecule has 1 aromatic heterocycles. The molecule has 0 saturated heterocycles. The molecule has 4 heteroatoms. The first-order chi connectivity index (χ1) is 7.78. The summed E-state index contributed by atoms with van der Waals surface area (Å²) in [5.41, 5.74) is 0.785. The van der Waals surface area contributed by atoms with E-state index in [9.17, 15) is 0 Å². The quantitative estimate of drug-likeness (QED) is 0.763. The number of ether oxygens (including phenoxy) is 1. The van der Waals surface area contributed by atoms with Crippen LogP contribution in [-0.2, 0) is 5.88 Å². The van der Waals surface area contributed by atoms with Gasteiger partial charge in [0.25, 0.3) is 0 Å². The molecule has 0 N–H and O–H groups in total. The molecule has 1 heterocycles. The normalized spacial score (nSPS) is 10.1. The van der Waals surface area contributed by atoms with Gasteiger partial charge in [-0.05, 0) is 30.3 Å². The fraction of sp³-hybridized carbons (Fsp3) is 0.0833. The first kappa shape index (κ1) is 11.2. The first-order valence-corrected chi connectivity index (χ1v) is 5.64. The van der Waals surface area contributed by atoms with Crippen molar-refractivity contribution >= 4 is 23.2 Å². The highest BCUT2D eigenvalue weighted by atomic mass is 35.5. The number of alkyl halides is 1. The third-order valence-corrected chi connectivity index (χ3v) is 2.48. The van der Waals surface area contributed by atoms with E-state index in [2.05, 4.69) is 4.98 Å². The second-order valence-electron chi connectivity index (χ2n) is 3.16. The second-order valence-corrected chi connectivity index (χ2v) is 3.86. The lowest BCUT2D eigenvalue weighted by atomic mass is 10.3. The lowest BCUT2D eigenvalue weighted by molar-refractivity contribution is 0.461. The molecule has 0 radical (unpaired) electrons. The summed E-state index contributed by atoms with van der Waals surface area (Å²) in [6.07, 6.45) is 0. The van der Waals surface area contributed by atoms with Crippen molar-refractivity contribution in [3.63, 3.8) is 0 Å². The second kappa shape index (κ2) is 5.19. The minimum absolute atomic E-state index is 0.373. The molecule has 0 aliphatic rings. The number of nitrogens with zero attached hydrogens (tertiary/aromatic N) is 1. The van der Waals surface area contributed by atoms with Crippen LogP contribution in [0, 0.1) is 0 Å². The van der Waals surface area contributed by atoms with Gasteiger partial charge in [-0.1, -0.05) is 17.7 Å². The summed E-state index contributed by atoms with van der Waals surface area (Å²) < 4.78 is 5.55. The SMILES string of the molecule is ClCc1cccc(Oc2ccc(Cl)cc2)n1. The number of pyridine rings is 1. The third-order valence-electron chi connectivity index (χ3n) is 1.95. The van der Waals surface area contributed by atoms with Crippen molar-refractivity contribution in [2.45, 2.75) is 5.88 Å². The average molecular weight is 254 g/mol. The Morgan fingerprint density at radius 1 is 1.06 bits per heavy atom. The van der Waals surface area contributed by atoms with E-state index in [1.165, 1.54) is 0 Å². The number of hydrogen-bond acceptors (Lipinski definition) is 2. The summed E-state index contributed by atoms with van der Waals surface area (Å²) >= 11 is 11.5. The van der Waals surface area contributed by atoms with Crippen LogP contribution in [0.5, 0.6) is 11.6 Å². The summed E-state index contributed by atoms with van der Waals surface area (Å²) in [7, 11) is 0. The van der Waals surface area contributed by atoms with E-state index in [1.807, 2.05) is 12.1 Å². The van der Waals surface area contributed by atoms with Gasteiger partial charge in [-0.25, -0.2) is 4.98 Å². The van der Waals surface area contributed by atoms with Crippen molar-refractivity contribution in [1.82, 2.24) is 4.98 Å². The highest BCUT2D eigenvalue weighted by molar-refractivity contribution is 6.30. The Kier molecular flexibility index (Phi) is 3.65. The average Bonchev–Trinajstić information content (AvgIpc) is 2.32. The molecule has 0 bridgehead atoms. The number of halogens is 2. The lowest BCUT2D eigenvalue weighted by Crippen LogP contribution is -1.90. The van der Waals surface area contributed by atoms with Crippen LogP contribution in [0.3, 0.4) is 0 Å². The fourth-order valence-corrected chi connectivity index (χ4v) is 1.49. The summed E-state index contributed by atoms with van der Waals surface area (Å²) in [4.78, 5) is 4.22. The van der Waals surface area contributed by atoms with Gasteiger partial charge in [-0.3, -0.25) is 0 Å². The lowest BCUT2D eigenvalue weighted by Gasteiger charge is -2.05. The molecule has 0 aliphatic carbocycles. The maximum atomic E-state index is 5.77. The smallest absolute Gasteiger partial charge is 0.219 e. The topological polar surface area (TPSA) is 22.1 Å². The zero-order valence-corrected chi connectivity index (χ0v) is 9.87. The molecular formula is C12H9Cl2NO. The van der Waals surface area contributed by atoms with E-state index in [4.69, 9.17) is 27.9 Å². The Hall–Kier alpha value is -1.25. The van der Waals surface area contributed by atoms with Gasteiger partial charge in [0.2, 0.25) is 5.88 Å². The van der Waals surface area contributed by atoms with Crippen molar-refractivity contribution in [2.75, 3.05) is 0 Å². The molecule has 0 saturated carbocycles. The number of benzene rings is 1. The predicted molar refractivity (Wildman–Crippen MR) is 65.3 cm³/mol. The van der Waals surface area contributed by atoms with Crippen molar-refractivity contribution in [2.24, 2.45) is 0 Å². The molecule has 0 aliphatic heterocycles. The fourth-order valence-electron chi connectivity index (χ4n) is 1.21. The Labute approximate surface area is 104 Å². The minimum atomic E-state index is 0.373. The molecule has 2 nitrogen and oxygen atoms in total. The standard InChI is InChI=1S/C12H9Cl2NO/c13-8-10-2-1-3-12(15-10)16-11-6-4-9(14)5-7-11/h1-7H,8H2. The van der Waals surface area contributed by atoms with Crippen LogP contribution in [-0.4, -0.2) is 4.98 Å². The summed E-state index contributed by atoms with van der Waals surface area (Å²) in [6.45, 7) is 0. The highest BCUT2D eigenvalue weighted by Gasteiger charge is 1.99. The van der Waals surface area contributed by atoms with E-state index >= 15 is 0 Å². The van der Waals surface area contributed by atoms with Gasteiger partial charge in [0.1, 0.15) is 5.75 Å². The van der Waals surface area contributed by atoms with Gasteiger partial charge in [0.05, 0.1) is 11.6 Å². The van der Waals surface area contributed by atoms with Crippen molar-refractivity contribution in [3.8, 4) is 11.6 Å². The van der Waals surface area contributed by atoms with Gasteiger partial charge in [0, 0.05) is 11.1 Å². The van der Waals surface area contributed by atoms with E-state index in [-0.39, 0.29) is 0 Å². The Morgan fingerprint density at radius 2 is 1.81 bits per heavy atom. The van der Waals surface area contributed by atoms with E-state index in [0.717, 1.165) is 5.69 Å². The van der Waals surface area contributed by atoms with Crippen LogP contribution in [0.1, 0.15) is 5.69 Å². The number of aromatic nitrogens is 1. The van der Waals surface area contributed by atoms with E-state index in [0.29, 0.717) is 22.5 Å². The minimum Gasteiger partial charge on any atom is -0.439 e. The largest absolute Gasteiger partial charge is 0.439 e. The third kappa shape index (κ3) is 2.87. The van der Waals surface area contributed by atoms with Gasteiger partial charge in [-0.2, -0.15) is 0 Å². The van der Waals surface area contributed by atoms with E-state index in [1.54, 1.807) is 30.3 Å². The molecule has 2 rings (SSSR count). The molecule has 0 fully saturated rings. The summed E-state index contributed by atoms with van der Waals surface area (Å²) in [5, 5.41) is 0.676. The van der Waals surface area contributed by atoms with Crippen molar-refractivity contribution in [1.29, 1.82) is 0 Å². The highest BCUT2D eigenvalue weighted by Crippen LogP contribution is 2.21. The van der Waals surface area contributed by atoms with Crippen LogP contribution < -0.4 is 4.74 Å². The van der Waals surface area contributed by atoms with Crippen molar-refractivity contribution in [3.05, 3.63) is 53.2 Å². The maximum absolute atomic E-state index is 5.77. The number of hydrogen-bond donors (Lipinski definition) is 0. The van der Waals surface area contributed by atoms with Gasteiger partial charge < -0.3 is 4.74 Å². The van der Waals surface area contributed by atoms with Gasteiger partial charge in [0.15, 0.2) is 0 Å². The molecule has 0 unspecified atom stereocenters. The zero-order chi connectivity index (χ0) is 11.4. The summed E-state index contributed by atoms with van der Waals surface area (Å²) in [6, 6.07) is 12.6. The van der Waals surface area contributed by atoms with E-state index < -0.39 is 0 Å². The Morgan fingerprint density at radius 3 is 2.50 bits per heavy atom. The summed E-state index contributed by atoms with van der Waals surface area (Å²) in [5.74, 6) is 1.60. The molecule has 16 heavy (non-hydrogen) atoms.